The second-order valence-electron chi connectivity index (χ2n) is 6.25. The molecule has 0 bridgehead atoms. The summed E-state index contributed by atoms with van der Waals surface area (Å²) >= 11 is 0. The highest BCUT2D eigenvalue weighted by Crippen LogP contribution is 2.49. The van der Waals surface area contributed by atoms with Crippen molar-refractivity contribution in [2.75, 3.05) is 0 Å². The fourth-order valence-corrected chi connectivity index (χ4v) is 3.18. The molecule has 1 aromatic heterocycles. The molecule has 4 nitrogen and oxygen atoms in total. The molecule has 3 rings (SSSR count). The van der Waals surface area contributed by atoms with Crippen LogP contribution >= 0.6 is 0 Å². The number of aryl methyl sites for hydroxylation is 2. The standard InChI is InChI=1S/C18H22N2O2/c1-11(16-9-17(16)14-7-5-4-6-8-14)19-18(21)10-15-12(2)20-22-13(15)3/h4-8,11,16-17H,9-10H2,1-3H3,(H,19,21)/t11-,16-,17+/m1/s1. The molecule has 4 heteroatoms. The van der Waals surface area contributed by atoms with E-state index in [0.717, 1.165) is 23.4 Å². The van der Waals surface area contributed by atoms with E-state index in [4.69, 9.17) is 4.52 Å². The molecule has 1 aliphatic rings. The number of carbonyl (C=O) groups excluding carboxylic acids is 1. The normalized spacial score (nSPS) is 21.4. The van der Waals surface area contributed by atoms with Crippen LogP contribution in [-0.2, 0) is 11.2 Å². The number of hydrogen-bond donors (Lipinski definition) is 1. The van der Waals surface area contributed by atoms with Crippen LogP contribution in [0.2, 0.25) is 0 Å². The molecule has 1 N–H and O–H groups in total. The van der Waals surface area contributed by atoms with Crippen LogP contribution in [-0.4, -0.2) is 17.1 Å². The fourth-order valence-electron chi connectivity index (χ4n) is 3.18. The topological polar surface area (TPSA) is 55.1 Å². The van der Waals surface area contributed by atoms with Gasteiger partial charge in [0.25, 0.3) is 0 Å². The molecule has 1 fully saturated rings. The Morgan fingerprint density at radius 2 is 2.09 bits per heavy atom. The van der Waals surface area contributed by atoms with Gasteiger partial charge in [0.2, 0.25) is 5.91 Å². The van der Waals surface area contributed by atoms with E-state index >= 15 is 0 Å². The second kappa shape index (κ2) is 5.95. The highest BCUT2D eigenvalue weighted by Gasteiger charge is 2.42. The first-order chi connectivity index (χ1) is 10.6. The van der Waals surface area contributed by atoms with Gasteiger partial charge in [0.1, 0.15) is 5.76 Å². The number of carbonyl (C=O) groups is 1. The Labute approximate surface area is 130 Å². The van der Waals surface area contributed by atoms with Gasteiger partial charge in [-0.05, 0) is 44.6 Å². The molecule has 116 valence electrons. The molecule has 1 aromatic carbocycles. The number of hydrogen-bond acceptors (Lipinski definition) is 3. The SMILES string of the molecule is Cc1noc(C)c1CC(=O)N[C@H](C)[C@H]1C[C@H]1c1ccccc1. The number of aromatic nitrogens is 1. The van der Waals surface area contributed by atoms with Crippen LogP contribution < -0.4 is 5.32 Å². The predicted octanol–water partition coefficient (Wildman–Crippen LogP) is 3.14. The molecule has 1 heterocycles. The summed E-state index contributed by atoms with van der Waals surface area (Å²) in [6, 6.07) is 10.7. The van der Waals surface area contributed by atoms with Gasteiger partial charge in [-0.1, -0.05) is 35.5 Å². The summed E-state index contributed by atoms with van der Waals surface area (Å²) in [5.74, 6) is 1.89. The molecule has 0 spiro atoms. The van der Waals surface area contributed by atoms with Crippen molar-refractivity contribution < 1.29 is 9.32 Å². The third-order valence-electron chi connectivity index (χ3n) is 4.62. The van der Waals surface area contributed by atoms with Crippen molar-refractivity contribution in [2.45, 2.75) is 45.6 Å². The Balaban J connectivity index is 1.55. The quantitative estimate of drug-likeness (QED) is 0.922. The summed E-state index contributed by atoms with van der Waals surface area (Å²) < 4.78 is 5.11. The molecule has 0 unspecified atom stereocenters. The van der Waals surface area contributed by atoms with Gasteiger partial charge in [0.05, 0.1) is 12.1 Å². The van der Waals surface area contributed by atoms with Crippen LogP contribution in [0.3, 0.4) is 0 Å². The molecule has 22 heavy (non-hydrogen) atoms. The molecule has 1 saturated carbocycles. The molecule has 0 radical (unpaired) electrons. The first-order valence-electron chi connectivity index (χ1n) is 7.82. The lowest BCUT2D eigenvalue weighted by molar-refractivity contribution is -0.121. The van der Waals surface area contributed by atoms with Crippen LogP contribution in [0.5, 0.6) is 0 Å². The van der Waals surface area contributed by atoms with Gasteiger partial charge in [0.15, 0.2) is 0 Å². The van der Waals surface area contributed by atoms with Gasteiger partial charge < -0.3 is 9.84 Å². The van der Waals surface area contributed by atoms with Gasteiger partial charge >= 0.3 is 0 Å². The molecule has 1 aliphatic carbocycles. The average Bonchev–Trinajstić information content (AvgIpc) is 3.26. The number of rotatable bonds is 5. The number of nitrogens with one attached hydrogen (secondary N) is 1. The highest BCUT2D eigenvalue weighted by atomic mass is 16.5. The van der Waals surface area contributed by atoms with Crippen LogP contribution in [0.1, 0.15) is 41.8 Å². The Kier molecular flexibility index (Phi) is 4.01. The molecule has 3 atom stereocenters. The first kappa shape index (κ1) is 14.8. The minimum absolute atomic E-state index is 0.0422. The zero-order valence-electron chi connectivity index (χ0n) is 13.3. The monoisotopic (exact) mass is 298 g/mol. The van der Waals surface area contributed by atoms with E-state index in [1.807, 2.05) is 19.9 Å². The van der Waals surface area contributed by atoms with E-state index in [-0.39, 0.29) is 11.9 Å². The van der Waals surface area contributed by atoms with Crippen LogP contribution in [0.25, 0.3) is 0 Å². The van der Waals surface area contributed by atoms with Crippen molar-refractivity contribution in [3.05, 3.63) is 52.9 Å². The van der Waals surface area contributed by atoms with Gasteiger partial charge in [0, 0.05) is 11.6 Å². The van der Waals surface area contributed by atoms with Gasteiger partial charge in [-0.25, -0.2) is 0 Å². The summed E-state index contributed by atoms with van der Waals surface area (Å²) in [6.45, 7) is 5.81. The maximum absolute atomic E-state index is 12.2. The van der Waals surface area contributed by atoms with Gasteiger partial charge in [-0.2, -0.15) is 0 Å². The Morgan fingerprint density at radius 3 is 2.73 bits per heavy atom. The van der Waals surface area contributed by atoms with Gasteiger partial charge in [-0.15, -0.1) is 0 Å². The van der Waals surface area contributed by atoms with E-state index in [2.05, 4.69) is 41.7 Å². The summed E-state index contributed by atoms with van der Waals surface area (Å²) in [4.78, 5) is 12.2. The van der Waals surface area contributed by atoms with E-state index < -0.39 is 0 Å². The number of benzene rings is 1. The predicted molar refractivity (Wildman–Crippen MR) is 84.6 cm³/mol. The summed E-state index contributed by atoms with van der Waals surface area (Å²) in [6.07, 6.45) is 1.49. The lowest BCUT2D eigenvalue weighted by Crippen LogP contribution is -2.35. The van der Waals surface area contributed by atoms with Crippen molar-refractivity contribution >= 4 is 5.91 Å². The molecule has 0 saturated heterocycles. The van der Waals surface area contributed by atoms with Crippen LogP contribution in [0.4, 0.5) is 0 Å². The molecule has 1 amide bonds. The summed E-state index contributed by atoms with van der Waals surface area (Å²) in [5.41, 5.74) is 3.08. The van der Waals surface area contributed by atoms with Crippen molar-refractivity contribution in [2.24, 2.45) is 5.92 Å². The largest absolute Gasteiger partial charge is 0.361 e. The number of amides is 1. The van der Waals surface area contributed by atoms with Crippen LogP contribution in [0, 0.1) is 19.8 Å². The van der Waals surface area contributed by atoms with E-state index in [1.54, 1.807) is 0 Å². The lowest BCUT2D eigenvalue weighted by atomic mass is 10.1. The van der Waals surface area contributed by atoms with Crippen molar-refractivity contribution in [3.8, 4) is 0 Å². The van der Waals surface area contributed by atoms with E-state index in [9.17, 15) is 4.79 Å². The maximum atomic E-state index is 12.2. The molecular formula is C18H22N2O2. The highest BCUT2D eigenvalue weighted by molar-refractivity contribution is 5.79. The fraction of sp³-hybridized carbons (Fsp3) is 0.444. The molecule has 0 aliphatic heterocycles. The molecular weight excluding hydrogens is 276 g/mol. The smallest absolute Gasteiger partial charge is 0.224 e. The maximum Gasteiger partial charge on any atom is 0.224 e. The second-order valence-corrected chi connectivity index (χ2v) is 6.25. The van der Waals surface area contributed by atoms with Crippen molar-refractivity contribution in [1.29, 1.82) is 0 Å². The van der Waals surface area contributed by atoms with Crippen LogP contribution in [0.15, 0.2) is 34.9 Å². The Morgan fingerprint density at radius 1 is 1.36 bits per heavy atom. The van der Waals surface area contributed by atoms with Gasteiger partial charge in [-0.3, -0.25) is 4.79 Å². The summed E-state index contributed by atoms with van der Waals surface area (Å²) in [5, 5.41) is 7.02. The third kappa shape index (κ3) is 3.06. The minimum Gasteiger partial charge on any atom is -0.361 e. The molecule has 2 aromatic rings. The van der Waals surface area contributed by atoms with Crippen molar-refractivity contribution in [3.63, 3.8) is 0 Å². The zero-order valence-corrected chi connectivity index (χ0v) is 13.3. The summed E-state index contributed by atoms with van der Waals surface area (Å²) in [7, 11) is 0. The lowest BCUT2D eigenvalue weighted by Gasteiger charge is -2.14. The Hall–Kier alpha value is -2.10. The minimum atomic E-state index is 0.0422. The third-order valence-corrected chi connectivity index (χ3v) is 4.62. The van der Waals surface area contributed by atoms with E-state index in [1.165, 1.54) is 5.56 Å². The Bertz CT molecular complexity index is 643. The van der Waals surface area contributed by atoms with Crippen molar-refractivity contribution in [1.82, 2.24) is 10.5 Å². The zero-order chi connectivity index (χ0) is 15.7. The number of nitrogens with zero attached hydrogens (tertiary/aromatic N) is 1. The average molecular weight is 298 g/mol. The van der Waals surface area contributed by atoms with E-state index in [0.29, 0.717) is 18.3 Å². The first-order valence-corrected chi connectivity index (χ1v) is 7.82.